The fourth-order valence-electron chi connectivity index (χ4n) is 2.24. The van der Waals surface area contributed by atoms with Gasteiger partial charge in [-0.25, -0.2) is 4.68 Å². The van der Waals surface area contributed by atoms with E-state index in [0.29, 0.717) is 6.54 Å². The zero-order valence-corrected chi connectivity index (χ0v) is 10.6. The monoisotopic (exact) mass is 246 g/mol. The Morgan fingerprint density at radius 1 is 1.44 bits per heavy atom. The van der Waals surface area contributed by atoms with Crippen LogP contribution in [0.3, 0.4) is 0 Å². The first-order chi connectivity index (χ1) is 8.79. The van der Waals surface area contributed by atoms with Gasteiger partial charge in [0.1, 0.15) is 11.4 Å². The zero-order valence-electron chi connectivity index (χ0n) is 10.6. The predicted octanol–water partition coefficient (Wildman–Crippen LogP) is 0.937. The van der Waals surface area contributed by atoms with Crippen molar-refractivity contribution in [2.24, 2.45) is 18.7 Å². The summed E-state index contributed by atoms with van der Waals surface area (Å²) in [7, 11) is 1.92. The maximum atomic E-state index is 5.74. The Kier molecular flexibility index (Phi) is 2.87. The van der Waals surface area contributed by atoms with Gasteiger partial charge in [0.2, 0.25) is 0 Å². The van der Waals surface area contributed by atoms with Gasteiger partial charge in [0.25, 0.3) is 0 Å². The molecule has 1 fully saturated rings. The van der Waals surface area contributed by atoms with E-state index in [1.165, 1.54) is 19.3 Å². The molecule has 1 aliphatic carbocycles. The quantitative estimate of drug-likeness (QED) is 0.852. The topological polar surface area (TPSA) is 74.6 Å². The number of nitrogens with zero attached hydrogens (tertiary/aromatic N) is 5. The maximum absolute atomic E-state index is 5.74. The molecule has 6 heteroatoms. The molecule has 1 saturated carbocycles. The number of rotatable bonds is 5. The molecular weight excluding hydrogens is 228 g/mol. The van der Waals surface area contributed by atoms with Gasteiger partial charge < -0.3 is 5.73 Å². The van der Waals surface area contributed by atoms with Crippen molar-refractivity contribution in [1.82, 2.24) is 24.8 Å². The first-order valence-corrected chi connectivity index (χ1v) is 6.40. The molecule has 0 saturated heterocycles. The summed E-state index contributed by atoms with van der Waals surface area (Å²) in [5.74, 6) is 0.884. The van der Waals surface area contributed by atoms with Crippen LogP contribution in [0.1, 0.15) is 25.0 Å². The molecule has 3 rings (SSSR count). The van der Waals surface area contributed by atoms with E-state index >= 15 is 0 Å². The largest absolute Gasteiger partial charge is 0.325 e. The summed E-state index contributed by atoms with van der Waals surface area (Å²) in [6.07, 6.45) is 5.69. The van der Waals surface area contributed by atoms with Crippen LogP contribution in [0, 0.1) is 5.92 Å². The fraction of sp³-hybridized carbons (Fsp3) is 0.583. The molecule has 0 unspecified atom stereocenters. The maximum Gasteiger partial charge on any atom is 0.111 e. The van der Waals surface area contributed by atoms with Crippen LogP contribution in [0.2, 0.25) is 0 Å². The van der Waals surface area contributed by atoms with Gasteiger partial charge in [-0.05, 0) is 18.4 Å². The van der Waals surface area contributed by atoms with Crippen LogP contribution < -0.4 is 5.73 Å². The normalized spacial score (nSPS) is 15.2. The van der Waals surface area contributed by atoms with Crippen molar-refractivity contribution in [2.45, 2.75) is 32.4 Å². The molecule has 0 radical (unpaired) electrons. The lowest BCUT2D eigenvalue weighted by Crippen LogP contribution is -2.08. The van der Waals surface area contributed by atoms with Crippen LogP contribution in [-0.4, -0.2) is 24.8 Å². The Morgan fingerprint density at radius 3 is 2.89 bits per heavy atom. The lowest BCUT2D eigenvalue weighted by molar-refractivity contribution is 0.533. The van der Waals surface area contributed by atoms with Crippen molar-refractivity contribution < 1.29 is 0 Å². The van der Waals surface area contributed by atoms with E-state index in [4.69, 9.17) is 5.73 Å². The molecule has 18 heavy (non-hydrogen) atoms. The summed E-state index contributed by atoms with van der Waals surface area (Å²) >= 11 is 0. The number of hydrogen-bond donors (Lipinski definition) is 1. The van der Waals surface area contributed by atoms with Gasteiger partial charge in [0.05, 0.1) is 5.69 Å². The molecule has 2 aromatic rings. The molecule has 0 spiro atoms. The first kappa shape index (κ1) is 11.4. The van der Waals surface area contributed by atoms with Crippen molar-refractivity contribution in [1.29, 1.82) is 0 Å². The minimum atomic E-state index is 0.407. The SMILES string of the molecule is Cn1nccc1-c1c(CN)nnn1CCC1CC1. The highest BCUT2D eigenvalue weighted by atomic mass is 15.4. The van der Waals surface area contributed by atoms with Crippen LogP contribution in [0.5, 0.6) is 0 Å². The van der Waals surface area contributed by atoms with E-state index in [2.05, 4.69) is 15.4 Å². The van der Waals surface area contributed by atoms with Gasteiger partial charge >= 0.3 is 0 Å². The molecule has 0 amide bonds. The third kappa shape index (κ3) is 2.03. The Hall–Kier alpha value is -1.69. The van der Waals surface area contributed by atoms with Gasteiger partial charge in [-0.2, -0.15) is 5.10 Å². The molecular formula is C12H18N6. The summed E-state index contributed by atoms with van der Waals surface area (Å²) in [6, 6.07) is 1.98. The lowest BCUT2D eigenvalue weighted by atomic mass is 10.2. The van der Waals surface area contributed by atoms with Crippen molar-refractivity contribution >= 4 is 0 Å². The minimum absolute atomic E-state index is 0.407. The van der Waals surface area contributed by atoms with E-state index < -0.39 is 0 Å². The Morgan fingerprint density at radius 2 is 2.28 bits per heavy atom. The molecule has 0 bridgehead atoms. The van der Waals surface area contributed by atoms with Gasteiger partial charge in [-0.15, -0.1) is 5.10 Å². The Balaban J connectivity index is 1.93. The third-order valence-corrected chi connectivity index (χ3v) is 3.51. The molecule has 2 heterocycles. The van der Waals surface area contributed by atoms with E-state index in [9.17, 15) is 0 Å². The number of aryl methyl sites for hydroxylation is 2. The average molecular weight is 246 g/mol. The second kappa shape index (κ2) is 4.53. The van der Waals surface area contributed by atoms with Gasteiger partial charge in [0, 0.05) is 26.3 Å². The smallest absolute Gasteiger partial charge is 0.111 e. The van der Waals surface area contributed by atoms with Crippen molar-refractivity contribution in [3.8, 4) is 11.4 Å². The Bertz CT molecular complexity index is 537. The third-order valence-electron chi connectivity index (χ3n) is 3.51. The molecule has 2 aromatic heterocycles. The van der Waals surface area contributed by atoms with E-state index in [0.717, 1.165) is 29.5 Å². The second-order valence-electron chi connectivity index (χ2n) is 4.88. The highest BCUT2D eigenvalue weighted by Crippen LogP contribution is 2.33. The van der Waals surface area contributed by atoms with Gasteiger partial charge in [-0.3, -0.25) is 4.68 Å². The van der Waals surface area contributed by atoms with Gasteiger partial charge in [0.15, 0.2) is 0 Å². The van der Waals surface area contributed by atoms with Crippen molar-refractivity contribution in [2.75, 3.05) is 0 Å². The van der Waals surface area contributed by atoms with Crippen LogP contribution >= 0.6 is 0 Å². The highest BCUT2D eigenvalue weighted by Gasteiger charge is 2.23. The lowest BCUT2D eigenvalue weighted by Gasteiger charge is -2.07. The minimum Gasteiger partial charge on any atom is -0.325 e. The Labute approximate surface area is 106 Å². The van der Waals surface area contributed by atoms with Crippen LogP contribution in [0.4, 0.5) is 0 Å². The van der Waals surface area contributed by atoms with Crippen LogP contribution in [0.15, 0.2) is 12.3 Å². The van der Waals surface area contributed by atoms with Crippen molar-refractivity contribution in [3.63, 3.8) is 0 Å². The molecule has 0 aliphatic heterocycles. The predicted molar refractivity (Wildman–Crippen MR) is 67.5 cm³/mol. The van der Waals surface area contributed by atoms with E-state index in [1.807, 2.05) is 22.5 Å². The highest BCUT2D eigenvalue weighted by molar-refractivity contribution is 5.57. The average Bonchev–Trinajstić information content (AvgIpc) is 2.97. The zero-order chi connectivity index (χ0) is 12.5. The summed E-state index contributed by atoms with van der Waals surface area (Å²) < 4.78 is 3.81. The summed E-state index contributed by atoms with van der Waals surface area (Å²) in [4.78, 5) is 0. The van der Waals surface area contributed by atoms with Crippen LogP contribution in [0.25, 0.3) is 11.4 Å². The summed E-state index contributed by atoms with van der Waals surface area (Å²) in [5, 5.41) is 12.6. The van der Waals surface area contributed by atoms with E-state index in [1.54, 1.807) is 6.20 Å². The van der Waals surface area contributed by atoms with E-state index in [-0.39, 0.29) is 0 Å². The van der Waals surface area contributed by atoms with Crippen molar-refractivity contribution in [3.05, 3.63) is 18.0 Å². The summed E-state index contributed by atoms with van der Waals surface area (Å²) in [5.41, 5.74) is 8.62. The first-order valence-electron chi connectivity index (χ1n) is 6.40. The second-order valence-corrected chi connectivity index (χ2v) is 4.88. The fourth-order valence-corrected chi connectivity index (χ4v) is 2.24. The van der Waals surface area contributed by atoms with Gasteiger partial charge in [-0.1, -0.05) is 18.1 Å². The number of hydrogen-bond acceptors (Lipinski definition) is 4. The molecule has 2 N–H and O–H groups in total. The molecule has 1 aliphatic rings. The molecule has 0 atom stereocenters. The molecule has 96 valence electrons. The number of nitrogens with two attached hydrogens (primary N) is 1. The summed E-state index contributed by atoms with van der Waals surface area (Å²) in [6.45, 7) is 1.32. The number of aromatic nitrogens is 5. The van der Waals surface area contributed by atoms with Crippen LogP contribution in [-0.2, 0) is 20.1 Å². The molecule has 6 nitrogen and oxygen atoms in total. The standard InChI is InChI=1S/C12H18N6/c1-17-11(4-6-14-17)12-10(8-13)15-16-18(12)7-5-9-2-3-9/h4,6,9H,2-3,5,7-8,13H2,1H3. The molecule has 0 aromatic carbocycles.